The van der Waals surface area contributed by atoms with E-state index in [2.05, 4.69) is 13.0 Å². The molecule has 0 amide bonds. The molecular weight excluding hydrogens is 246 g/mol. The monoisotopic (exact) mass is 267 g/mol. The van der Waals surface area contributed by atoms with Crippen LogP contribution in [0.4, 0.5) is 0 Å². The predicted octanol–water partition coefficient (Wildman–Crippen LogP) is 3.68. The highest BCUT2D eigenvalue weighted by Gasteiger charge is 2.37. The van der Waals surface area contributed by atoms with Crippen LogP contribution in [0.25, 0.3) is 0 Å². The van der Waals surface area contributed by atoms with Crippen molar-refractivity contribution in [3.05, 3.63) is 28.3 Å². The van der Waals surface area contributed by atoms with Crippen LogP contribution in [0.1, 0.15) is 43.7 Å². The van der Waals surface area contributed by atoms with E-state index in [0.717, 1.165) is 25.0 Å². The highest BCUT2D eigenvalue weighted by molar-refractivity contribution is 6.32. The Morgan fingerprint density at radius 1 is 1.33 bits per heavy atom. The summed E-state index contributed by atoms with van der Waals surface area (Å²) in [5.41, 5.74) is 8.61. The molecule has 0 aromatic heterocycles. The van der Waals surface area contributed by atoms with Crippen molar-refractivity contribution in [1.82, 2.24) is 0 Å². The zero-order valence-corrected chi connectivity index (χ0v) is 12.0. The minimum atomic E-state index is 0.0696. The highest BCUT2D eigenvalue weighted by atomic mass is 35.5. The molecule has 1 fully saturated rings. The van der Waals surface area contributed by atoms with Gasteiger partial charge in [-0.3, -0.25) is 0 Å². The first-order valence-electron chi connectivity index (χ1n) is 6.74. The van der Waals surface area contributed by atoms with Crippen LogP contribution in [0.15, 0.2) is 12.1 Å². The average molecular weight is 268 g/mol. The Morgan fingerprint density at radius 3 is 2.50 bits per heavy atom. The van der Waals surface area contributed by atoms with E-state index in [1.165, 1.54) is 24.0 Å². The van der Waals surface area contributed by atoms with E-state index in [9.17, 15) is 0 Å². The first-order chi connectivity index (χ1) is 8.66. The van der Waals surface area contributed by atoms with Crippen LogP contribution in [0.2, 0.25) is 5.02 Å². The van der Waals surface area contributed by atoms with Gasteiger partial charge < -0.3 is 10.5 Å². The third-order valence-corrected chi connectivity index (χ3v) is 4.52. The number of halogens is 1. The summed E-state index contributed by atoms with van der Waals surface area (Å²) in [4.78, 5) is 0. The molecule has 1 aliphatic carbocycles. The molecule has 1 saturated carbocycles. The Balaban J connectivity index is 2.56. The van der Waals surface area contributed by atoms with E-state index in [0.29, 0.717) is 11.6 Å². The average Bonchev–Trinajstić information content (AvgIpc) is 2.87. The minimum Gasteiger partial charge on any atom is -0.495 e. The van der Waals surface area contributed by atoms with E-state index < -0.39 is 0 Å². The maximum atomic E-state index is 6.35. The van der Waals surface area contributed by atoms with Crippen LogP contribution in [0.5, 0.6) is 5.75 Å². The molecule has 0 unspecified atom stereocenters. The zero-order valence-electron chi connectivity index (χ0n) is 11.3. The van der Waals surface area contributed by atoms with Crippen LogP contribution >= 0.6 is 11.6 Å². The van der Waals surface area contributed by atoms with Crippen LogP contribution in [0.3, 0.4) is 0 Å². The lowest BCUT2D eigenvalue weighted by molar-refractivity contribution is 0.377. The fourth-order valence-electron chi connectivity index (χ4n) is 3.09. The van der Waals surface area contributed by atoms with Gasteiger partial charge in [-0.15, -0.1) is 0 Å². The van der Waals surface area contributed by atoms with Crippen LogP contribution in [0, 0.1) is 0 Å². The van der Waals surface area contributed by atoms with Gasteiger partial charge in [0, 0.05) is 17.5 Å². The number of methoxy groups -OCH3 is 1. The molecule has 0 bridgehead atoms. The molecule has 0 spiro atoms. The standard InChI is InChI=1S/C15H22ClNO/c1-3-11-8-12(14(18-2)13(16)9-11)15(10-17)6-4-5-7-15/h8-9H,3-7,10,17H2,1-2H3. The number of benzene rings is 1. The maximum absolute atomic E-state index is 6.35. The molecule has 0 heterocycles. The lowest BCUT2D eigenvalue weighted by Gasteiger charge is -2.30. The Morgan fingerprint density at radius 2 is 2.00 bits per heavy atom. The Hall–Kier alpha value is -0.730. The van der Waals surface area contributed by atoms with Crippen molar-refractivity contribution < 1.29 is 4.74 Å². The number of rotatable bonds is 4. The van der Waals surface area contributed by atoms with Gasteiger partial charge in [-0.2, -0.15) is 0 Å². The van der Waals surface area contributed by atoms with Crippen molar-refractivity contribution in [2.24, 2.45) is 5.73 Å². The summed E-state index contributed by atoms with van der Waals surface area (Å²) in [6.45, 7) is 2.82. The quantitative estimate of drug-likeness (QED) is 0.903. The lowest BCUT2D eigenvalue weighted by Crippen LogP contribution is -2.32. The molecule has 0 aliphatic heterocycles. The molecule has 1 aromatic carbocycles. The van der Waals surface area contributed by atoms with Crippen molar-refractivity contribution in [2.45, 2.75) is 44.4 Å². The second-order valence-electron chi connectivity index (χ2n) is 5.20. The molecular formula is C15H22ClNO. The third-order valence-electron chi connectivity index (χ3n) is 4.24. The van der Waals surface area contributed by atoms with Gasteiger partial charge in [-0.05, 0) is 30.9 Å². The second kappa shape index (κ2) is 5.50. The fraction of sp³-hybridized carbons (Fsp3) is 0.600. The van der Waals surface area contributed by atoms with Gasteiger partial charge in [-0.25, -0.2) is 0 Å². The van der Waals surface area contributed by atoms with Crippen molar-refractivity contribution in [3.8, 4) is 5.75 Å². The number of hydrogen-bond donors (Lipinski definition) is 1. The lowest BCUT2D eigenvalue weighted by atomic mass is 9.77. The van der Waals surface area contributed by atoms with Gasteiger partial charge in [0.1, 0.15) is 5.75 Å². The van der Waals surface area contributed by atoms with Crippen molar-refractivity contribution in [1.29, 1.82) is 0 Å². The Bertz CT molecular complexity index is 425. The van der Waals surface area contributed by atoms with E-state index in [-0.39, 0.29) is 5.41 Å². The largest absolute Gasteiger partial charge is 0.495 e. The SMILES string of the molecule is CCc1cc(Cl)c(OC)c(C2(CN)CCCC2)c1. The van der Waals surface area contributed by atoms with Crippen LogP contribution in [-0.2, 0) is 11.8 Å². The number of hydrogen-bond acceptors (Lipinski definition) is 2. The van der Waals surface area contributed by atoms with E-state index >= 15 is 0 Å². The second-order valence-corrected chi connectivity index (χ2v) is 5.61. The van der Waals surface area contributed by atoms with Gasteiger partial charge in [0.15, 0.2) is 0 Å². The van der Waals surface area contributed by atoms with Crippen molar-refractivity contribution >= 4 is 11.6 Å². The Kier molecular flexibility index (Phi) is 4.18. The van der Waals surface area contributed by atoms with Gasteiger partial charge in [0.2, 0.25) is 0 Å². The van der Waals surface area contributed by atoms with E-state index in [1.54, 1.807) is 7.11 Å². The molecule has 0 atom stereocenters. The molecule has 0 radical (unpaired) electrons. The van der Waals surface area contributed by atoms with E-state index in [4.69, 9.17) is 22.1 Å². The smallest absolute Gasteiger partial charge is 0.141 e. The summed E-state index contributed by atoms with van der Waals surface area (Å²) in [5.74, 6) is 0.821. The van der Waals surface area contributed by atoms with Crippen LogP contribution in [-0.4, -0.2) is 13.7 Å². The minimum absolute atomic E-state index is 0.0696. The Labute approximate surface area is 114 Å². The summed E-state index contributed by atoms with van der Waals surface area (Å²) in [5, 5.41) is 0.714. The maximum Gasteiger partial charge on any atom is 0.141 e. The summed E-state index contributed by atoms with van der Waals surface area (Å²) in [6.07, 6.45) is 5.76. The molecule has 0 saturated heterocycles. The topological polar surface area (TPSA) is 35.2 Å². The normalized spacial score (nSPS) is 18.0. The molecule has 18 heavy (non-hydrogen) atoms. The first kappa shape index (κ1) is 13.7. The van der Waals surface area contributed by atoms with Gasteiger partial charge in [0.05, 0.1) is 12.1 Å². The molecule has 3 heteroatoms. The first-order valence-corrected chi connectivity index (χ1v) is 7.11. The summed E-state index contributed by atoms with van der Waals surface area (Å²) in [6, 6.07) is 4.24. The highest BCUT2D eigenvalue weighted by Crippen LogP contribution is 2.46. The van der Waals surface area contributed by atoms with Crippen molar-refractivity contribution in [2.75, 3.05) is 13.7 Å². The predicted molar refractivity (Wildman–Crippen MR) is 76.6 cm³/mol. The summed E-state index contributed by atoms with van der Waals surface area (Å²) < 4.78 is 5.53. The molecule has 2 nitrogen and oxygen atoms in total. The number of nitrogens with two attached hydrogens (primary N) is 1. The van der Waals surface area contributed by atoms with Gasteiger partial charge in [0.25, 0.3) is 0 Å². The molecule has 1 aromatic rings. The van der Waals surface area contributed by atoms with Gasteiger partial charge >= 0.3 is 0 Å². The molecule has 2 rings (SSSR count). The van der Waals surface area contributed by atoms with Gasteiger partial charge in [-0.1, -0.05) is 37.4 Å². The summed E-state index contributed by atoms with van der Waals surface area (Å²) >= 11 is 6.35. The number of aryl methyl sites for hydroxylation is 1. The molecule has 100 valence electrons. The summed E-state index contributed by atoms with van der Waals surface area (Å²) in [7, 11) is 1.69. The number of ether oxygens (including phenoxy) is 1. The molecule has 1 aliphatic rings. The van der Waals surface area contributed by atoms with Crippen molar-refractivity contribution in [3.63, 3.8) is 0 Å². The third kappa shape index (κ3) is 2.24. The molecule has 2 N–H and O–H groups in total. The van der Waals surface area contributed by atoms with Crippen LogP contribution < -0.4 is 10.5 Å². The fourth-order valence-corrected chi connectivity index (χ4v) is 3.41. The zero-order chi connectivity index (χ0) is 13.2. The van der Waals surface area contributed by atoms with E-state index in [1.807, 2.05) is 6.07 Å².